The summed E-state index contributed by atoms with van der Waals surface area (Å²) in [5.41, 5.74) is 4.86. The maximum absolute atomic E-state index is 12.4. The van der Waals surface area contributed by atoms with Crippen molar-refractivity contribution in [2.45, 2.75) is 13.0 Å². The largest absolute Gasteiger partial charge is 0.492 e. The Morgan fingerprint density at radius 2 is 1.73 bits per heavy atom. The molecular formula is C20H17NO5. The lowest BCUT2D eigenvalue weighted by molar-refractivity contribution is 0.174. The lowest BCUT2D eigenvalue weighted by Gasteiger charge is -2.26. The zero-order valence-corrected chi connectivity index (χ0v) is 14.5. The van der Waals surface area contributed by atoms with E-state index in [0.29, 0.717) is 5.75 Å². The second kappa shape index (κ2) is 5.42. The van der Waals surface area contributed by atoms with Gasteiger partial charge in [0.2, 0.25) is 18.0 Å². The topological polar surface area (TPSA) is 58.9 Å². The highest BCUT2D eigenvalue weighted by Gasteiger charge is 2.25. The Hall–Kier alpha value is -3.15. The Bertz CT molecular complexity index is 1070. The van der Waals surface area contributed by atoms with Crippen LogP contribution in [0.4, 0.5) is 0 Å². The van der Waals surface area contributed by atoms with Crippen LogP contribution in [0.3, 0.4) is 0 Å². The third kappa shape index (κ3) is 2.02. The van der Waals surface area contributed by atoms with Crippen molar-refractivity contribution in [1.82, 2.24) is 4.57 Å². The summed E-state index contributed by atoms with van der Waals surface area (Å²) in [5, 5.41) is 0. The van der Waals surface area contributed by atoms with Crippen molar-refractivity contribution in [1.29, 1.82) is 0 Å². The lowest BCUT2D eigenvalue weighted by atomic mass is 9.93. The SMILES string of the molecule is COc1c2cn3c(cc-2cc(=O)c1OC)-c1cc2c(cc1CC3)OCO2. The van der Waals surface area contributed by atoms with E-state index in [1.165, 1.54) is 12.7 Å². The monoisotopic (exact) mass is 351 g/mol. The van der Waals surface area contributed by atoms with Gasteiger partial charge in [-0.2, -0.15) is 0 Å². The van der Waals surface area contributed by atoms with E-state index in [2.05, 4.69) is 10.6 Å². The van der Waals surface area contributed by atoms with Gasteiger partial charge >= 0.3 is 0 Å². The fourth-order valence-electron chi connectivity index (χ4n) is 3.84. The second-order valence-electron chi connectivity index (χ2n) is 6.41. The third-order valence-electron chi connectivity index (χ3n) is 5.06. The third-order valence-corrected chi connectivity index (χ3v) is 5.06. The average Bonchev–Trinajstić information content (AvgIpc) is 3.11. The van der Waals surface area contributed by atoms with E-state index >= 15 is 0 Å². The normalized spacial score (nSPS) is 14.1. The van der Waals surface area contributed by atoms with Crippen LogP contribution in [-0.2, 0) is 13.0 Å². The fourth-order valence-corrected chi connectivity index (χ4v) is 3.84. The number of aromatic nitrogens is 1. The molecule has 0 radical (unpaired) electrons. The van der Waals surface area contributed by atoms with Gasteiger partial charge < -0.3 is 23.5 Å². The molecule has 0 fully saturated rings. The minimum absolute atomic E-state index is 0.191. The number of hydrogen-bond acceptors (Lipinski definition) is 5. The van der Waals surface area contributed by atoms with E-state index in [4.69, 9.17) is 18.9 Å². The first-order valence-corrected chi connectivity index (χ1v) is 8.41. The number of benzene rings is 2. The number of fused-ring (bicyclic) bond motifs is 5. The zero-order chi connectivity index (χ0) is 17.8. The van der Waals surface area contributed by atoms with Crippen LogP contribution in [0.2, 0.25) is 0 Å². The summed E-state index contributed by atoms with van der Waals surface area (Å²) in [7, 11) is 3.03. The van der Waals surface area contributed by atoms with Crippen LogP contribution in [-0.4, -0.2) is 25.6 Å². The minimum atomic E-state index is -0.191. The first-order valence-electron chi connectivity index (χ1n) is 8.41. The molecular weight excluding hydrogens is 334 g/mol. The summed E-state index contributed by atoms with van der Waals surface area (Å²) in [4.78, 5) is 12.4. The van der Waals surface area contributed by atoms with Crippen LogP contribution in [0.5, 0.6) is 23.0 Å². The zero-order valence-electron chi connectivity index (χ0n) is 14.5. The molecule has 0 aromatic heterocycles. The molecule has 6 nitrogen and oxygen atoms in total. The standard InChI is InChI=1S/C20H17NO5/c1-23-19-14-9-21-4-3-11-7-17-18(26-10-25-17)8-13(11)15(21)5-12(14)6-16(22)20(19)24-2/h5-9H,3-4,10H2,1-2H3. The molecule has 0 saturated carbocycles. The van der Waals surface area contributed by atoms with Crippen LogP contribution in [0.15, 0.2) is 35.3 Å². The van der Waals surface area contributed by atoms with Crippen molar-refractivity contribution in [2.24, 2.45) is 0 Å². The van der Waals surface area contributed by atoms with Crippen LogP contribution in [0, 0.1) is 0 Å². The number of rotatable bonds is 2. The molecule has 1 aromatic carbocycles. The predicted molar refractivity (Wildman–Crippen MR) is 95.7 cm³/mol. The van der Waals surface area contributed by atoms with E-state index in [9.17, 15) is 4.79 Å². The maximum atomic E-state index is 12.4. The first-order chi connectivity index (χ1) is 12.7. The summed E-state index contributed by atoms with van der Waals surface area (Å²) >= 11 is 0. The molecule has 0 atom stereocenters. The summed E-state index contributed by atoms with van der Waals surface area (Å²) in [6.45, 7) is 1.09. The molecule has 5 rings (SSSR count). The number of methoxy groups -OCH3 is 2. The van der Waals surface area contributed by atoms with E-state index in [1.54, 1.807) is 13.2 Å². The number of pyridine rings is 1. The van der Waals surface area contributed by atoms with Gasteiger partial charge in [-0.05, 0) is 41.8 Å². The second-order valence-corrected chi connectivity index (χ2v) is 6.41. The molecule has 1 aliphatic carbocycles. The molecule has 3 heterocycles. The van der Waals surface area contributed by atoms with Gasteiger partial charge in [0, 0.05) is 29.6 Å². The van der Waals surface area contributed by atoms with Gasteiger partial charge in [-0.3, -0.25) is 4.79 Å². The minimum Gasteiger partial charge on any atom is -0.492 e. The van der Waals surface area contributed by atoms with Crippen LogP contribution < -0.4 is 24.4 Å². The van der Waals surface area contributed by atoms with Crippen molar-refractivity contribution in [3.63, 3.8) is 0 Å². The van der Waals surface area contributed by atoms with Crippen molar-refractivity contribution in [3.8, 4) is 45.4 Å². The van der Waals surface area contributed by atoms with E-state index in [1.807, 2.05) is 18.3 Å². The number of aryl methyl sites for hydroxylation is 2. The summed E-state index contributed by atoms with van der Waals surface area (Å²) in [6.07, 6.45) is 2.92. The molecule has 3 aliphatic heterocycles. The smallest absolute Gasteiger partial charge is 0.231 e. The van der Waals surface area contributed by atoms with Gasteiger partial charge in [-0.25, -0.2) is 0 Å². The summed E-state index contributed by atoms with van der Waals surface area (Å²) < 4.78 is 23.9. The highest BCUT2D eigenvalue weighted by atomic mass is 16.7. The van der Waals surface area contributed by atoms with Gasteiger partial charge in [-0.1, -0.05) is 0 Å². The van der Waals surface area contributed by atoms with Crippen molar-refractivity contribution < 1.29 is 18.9 Å². The van der Waals surface area contributed by atoms with Gasteiger partial charge in [0.05, 0.1) is 14.2 Å². The Balaban J connectivity index is 1.78. The van der Waals surface area contributed by atoms with Crippen molar-refractivity contribution in [3.05, 3.63) is 46.2 Å². The molecule has 132 valence electrons. The van der Waals surface area contributed by atoms with E-state index in [0.717, 1.165) is 46.8 Å². The van der Waals surface area contributed by atoms with Crippen LogP contribution >= 0.6 is 0 Å². The Kier molecular flexibility index (Phi) is 3.16. The van der Waals surface area contributed by atoms with Crippen LogP contribution in [0.1, 0.15) is 5.56 Å². The highest BCUT2D eigenvalue weighted by Crippen LogP contribution is 2.44. The first kappa shape index (κ1) is 15.1. The molecule has 0 saturated heterocycles. The van der Waals surface area contributed by atoms with Gasteiger partial charge in [-0.15, -0.1) is 0 Å². The molecule has 0 amide bonds. The molecule has 4 aliphatic rings. The summed E-state index contributed by atoms with van der Waals surface area (Å²) in [5.74, 6) is 2.27. The molecule has 0 unspecified atom stereocenters. The van der Waals surface area contributed by atoms with Gasteiger partial charge in [0.25, 0.3) is 0 Å². The Morgan fingerprint density at radius 3 is 2.50 bits per heavy atom. The quantitative estimate of drug-likeness (QED) is 0.710. The molecule has 6 heteroatoms. The average molecular weight is 351 g/mol. The molecule has 1 aromatic rings. The number of nitrogens with zero attached hydrogens (tertiary/aromatic N) is 1. The Morgan fingerprint density at radius 1 is 0.962 bits per heavy atom. The molecule has 0 bridgehead atoms. The Labute approximate surface area is 149 Å². The number of ether oxygens (including phenoxy) is 4. The number of hydrogen-bond donors (Lipinski definition) is 0. The van der Waals surface area contributed by atoms with Gasteiger partial charge in [0.1, 0.15) is 0 Å². The molecule has 26 heavy (non-hydrogen) atoms. The van der Waals surface area contributed by atoms with E-state index < -0.39 is 0 Å². The van der Waals surface area contributed by atoms with Crippen LogP contribution in [0.25, 0.3) is 22.4 Å². The van der Waals surface area contributed by atoms with E-state index in [-0.39, 0.29) is 18.0 Å². The summed E-state index contributed by atoms with van der Waals surface area (Å²) in [6, 6.07) is 7.70. The molecule has 0 N–H and O–H groups in total. The maximum Gasteiger partial charge on any atom is 0.231 e. The molecule has 0 spiro atoms. The van der Waals surface area contributed by atoms with Crippen molar-refractivity contribution in [2.75, 3.05) is 21.0 Å². The van der Waals surface area contributed by atoms with Crippen molar-refractivity contribution >= 4 is 0 Å². The lowest BCUT2D eigenvalue weighted by Crippen LogP contribution is -2.15. The fraction of sp³-hybridized carbons (Fsp3) is 0.250. The highest BCUT2D eigenvalue weighted by molar-refractivity contribution is 5.81. The predicted octanol–water partition coefficient (Wildman–Crippen LogP) is 2.92. The van der Waals surface area contributed by atoms with Gasteiger partial charge in [0.15, 0.2) is 17.2 Å².